The topological polar surface area (TPSA) is 97.4 Å². The third kappa shape index (κ3) is 4.68. The monoisotopic (exact) mass is 402 g/mol. The molecule has 0 atom stereocenters. The van der Waals surface area contributed by atoms with Crippen LogP contribution in [0.25, 0.3) is 0 Å². The van der Waals surface area contributed by atoms with E-state index in [2.05, 4.69) is 15.3 Å². The van der Waals surface area contributed by atoms with Crippen LogP contribution in [0.4, 0.5) is 14.5 Å². The highest BCUT2D eigenvalue weighted by Crippen LogP contribution is 2.23. The van der Waals surface area contributed by atoms with E-state index in [1.807, 2.05) is 0 Å². The van der Waals surface area contributed by atoms with E-state index in [4.69, 9.17) is 5.73 Å². The first-order valence-electron chi connectivity index (χ1n) is 8.12. The first-order chi connectivity index (χ1) is 13.3. The number of nitrogens with zero attached hydrogens (tertiary/aromatic N) is 2. The van der Waals surface area contributed by atoms with Crippen molar-refractivity contribution in [1.82, 2.24) is 4.98 Å². The van der Waals surface area contributed by atoms with Crippen molar-refractivity contribution in [1.29, 1.82) is 0 Å². The summed E-state index contributed by atoms with van der Waals surface area (Å²) in [5, 5.41) is 2.90. The molecule has 3 aromatic rings. The Bertz CT molecular complexity index is 1080. The number of rotatable bonds is 5. The summed E-state index contributed by atoms with van der Waals surface area (Å²) in [4.78, 5) is 7.55. The first-order valence-corrected chi connectivity index (χ1v) is 9.60. The number of aromatic nitrogens is 1. The normalized spacial score (nSPS) is 12.0. The molecule has 2 aromatic carbocycles. The van der Waals surface area contributed by atoms with Crippen molar-refractivity contribution >= 4 is 21.5 Å². The van der Waals surface area contributed by atoms with Gasteiger partial charge in [0.15, 0.2) is 5.96 Å². The lowest BCUT2D eigenvalue weighted by molar-refractivity contribution is 0.567. The molecule has 0 spiro atoms. The van der Waals surface area contributed by atoms with Crippen molar-refractivity contribution in [3.63, 3.8) is 0 Å². The second-order valence-corrected chi connectivity index (χ2v) is 7.76. The maximum absolute atomic E-state index is 13.3. The minimum absolute atomic E-state index is 0.0758. The summed E-state index contributed by atoms with van der Waals surface area (Å²) in [6.07, 6.45) is 3.22. The zero-order valence-electron chi connectivity index (χ0n) is 14.5. The smallest absolute Gasteiger partial charge is 0.206 e. The Morgan fingerprint density at radius 2 is 1.57 bits per heavy atom. The predicted molar refractivity (Wildman–Crippen MR) is 101 cm³/mol. The number of sulfone groups is 1. The highest BCUT2D eigenvalue weighted by Gasteiger charge is 2.19. The molecular weight excluding hydrogens is 386 g/mol. The molecule has 0 bridgehead atoms. The Balaban J connectivity index is 1.73. The molecule has 0 amide bonds. The predicted octanol–water partition coefficient (Wildman–Crippen LogP) is 3.12. The number of halogens is 2. The first kappa shape index (κ1) is 19.4. The van der Waals surface area contributed by atoms with Crippen LogP contribution in [0.2, 0.25) is 0 Å². The van der Waals surface area contributed by atoms with Gasteiger partial charge in [0.05, 0.1) is 16.3 Å². The van der Waals surface area contributed by atoms with E-state index in [1.54, 1.807) is 36.7 Å². The van der Waals surface area contributed by atoms with E-state index >= 15 is 0 Å². The van der Waals surface area contributed by atoms with E-state index in [9.17, 15) is 17.2 Å². The Morgan fingerprint density at radius 3 is 2.18 bits per heavy atom. The van der Waals surface area contributed by atoms with Gasteiger partial charge in [-0.3, -0.25) is 4.98 Å². The lowest BCUT2D eigenvalue weighted by Crippen LogP contribution is -2.22. The molecule has 0 fully saturated rings. The number of anilines is 1. The molecule has 1 heterocycles. The van der Waals surface area contributed by atoms with Crippen LogP contribution in [-0.4, -0.2) is 19.4 Å². The van der Waals surface area contributed by atoms with Crippen LogP contribution < -0.4 is 11.1 Å². The van der Waals surface area contributed by atoms with Gasteiger partial charge in [-0.15, -0.1) is 0 Å². The Kier molecular flexibility index (Phi) is 5.65. The van der Waals surface area contributed by atoms with Crippen LogP contribution in [0.1, 0.15) is 5.56 Å². The van der Waals surface area contributed by atoms with E-state index in [-0.39, 0.29) is 17.4 Å². The lowest BCUT2D eigenvalue weighted by atomic mass is 10.2. The summed E-state index contributed by atoms with van der Waals surface area (Å²) < 4.78 is 51.7. The van der Waals surface area contributed by atoms with Crippen molar-refractivity contribution in [3.8, 4) is 0 Å². The molecule has 0 aliphatic heterocycles. The molecule has 0 unspecified atom stereocenters. The standard InChI is InChI=1S/C19H16F2N4O2S/c20-14-9-15(21)11-18(10-14)28(26,27)17-3-1-13(2-4-17)12-24-19(22)25-16-5-7-23-8-6-16/h1-11H,12H2,(H3,22,23,24,25). The molecule has 6 nitrogen and oxygen atoms in total. The number of nitrogens with two attached hydrogens (primary N) is 1. The lowest BCUT2D eigenvalue weighted by Gasteiger charge is -2.07. The van der Waals surface area contributed by atoms with Crippen molar-refractivity contribution in [2.75, 3.05) is 5.32 Å². The molecule has 9 heteroatoms. The van der Waals surface area contributed by atoms with Crippen LogP contribution in [0.5, 0.6) is 0 Å². The fraction of sp³-hybridized carbons (Fsp3) is 0.0526. The van der Waals surface area contributed by atoms with Gasteiger partial charge in [0.2, 0.25) is 9.84 Å². The van der Waals surface area contributed by atoms with E-state index in [0.29, 0.717) is 11.6 Å². The molecule has 144 valence electrons. The van der Waals surface area contributed by atoms with Crippen LogP contribution in [0.3, 0.4) is 0 Å². The maximum atomic E-state index is 13.3. The molecule has 3 N–H and O–H groups in total. The Labute approximate surface area is 160 Å². The molecule has 3 rings (SSSR count). The van der Waals surface area contributed by atoms with Crippen LogP contribution >= 0.6 is 0 Å². The minimum atomic E-state index is -4.03. The van der Waals surface area contributed by atoms with Crippen molar-refractivity contribution in [3.05, 3.63) is 84.2 Å². The molecule has 0 aliphatic carbocycles. The number of hydrogen-bond donors (Lipinski definition) is 2. The largest absolute Gasteiger partial charge is 0.370 e. The average Bonchev–Trinajstić information content (AvgIpc) is 2.67. The van der Waals surface area contributed by atoms with E-state index in [1.165, 1.54) is 12.1 Å². The highest BCUT2D eigenvalue weighted by atomic mass is 32.2. The quantitative estimate of drug-likeness (QED) is 0.505. The summed E-state index contributed by atoms with van der Waals surface area (Å²) in [5.41, 5.74) is 7.26. The maximum Gasteiger partial charge on any atom is 0.206 e. The summed E-state index contributed by atoms with van der Waals surface area (Å²) in [5.74, 6) is -1.72. The van der Waals surface area contributed by atoms with Gasteiger partial charge in [-0.25, -0.2) is 22.2 Å². The van der Waals surface area contributed by atoms with Gasteiger partial charge in [0, 0.05) is 24.1 Å². The number of nitrogens with one attached hydrogen (secondary N) is 1. The van der Waals surface area contributed by atoms with Crippen molar-refractivity contribution < 1.29 is 17.2 Å². The third-order valence-corrected chi connectivity index (χ3v) is 5.51. The van der Waals surface area contributed by atoms with E-state index < -0.39 is 26.4 Å². The van der Waals surface area contributed by atoms with E-state index in [0.717, 1.165) is 17.8 Å². The molecule has 1 aromatic heterocycles. The van der Waals surface area contributed by atoms with Gasteiger partial charge in [0.25, 0.3) is 0 Å². The molecule has 0 saturated heterocycles. The van der Waals surface area contributed by atoms with Crippen molar-refractivity contribution in [2.24, 2.45) is 10.7 Å². The zero-order valence-corrected chi connectivity index (χ0v) is 15.3. The second kappa shape index (κ2) is 8.13. The summed E-state index contributed by atoms with van der Waals surface area (Å²) >= 11 is 0. The second-order valence-electron chi connectivity index (χ2n) is 5.81. The van der Waals surface area contributed by atoms with Gasteiger partial charge < -0.3 is 11.1 Å². The Hall–Kier alpha value is -3.33. The van der Waals surface area contributed by atoms with Crippen LogP contribution in [0, 0.1) is 11.6 Å². The number of pyridine rings is 1. The third-order valence-electron chi connectivity index (χ3n) is 3.76. The highest BCUT2D eigenvalue weighted by molar-refractivity contribution is 7.91. The fourth-order valence-corrected chi connectivity index (χ4v) is 3.69. The number of benzene rings is 2. The number of guanidine groups is 1. The molecular formula is C19H16F2N4O2S. The van der Waals surface area contributed by atoms with Gasteiger partial charge in [0.1, 0.15) is 11.6 Å². The van der Waals surface area contributed by atoms with Crippen LogP contribution in [0.15, 0.2) is 81.8 Å². The summed E-state index contributed by atoms with van der Waals surface area (Å²) in [6, 6.07) is 11.5. The van der Waals surface area contributed by atoms with Gasteiger partial charge in [-0.1, -0.05) is 12.1 Å². The number of hydrogen-bond acceptors (Lipinski definition) is 4. The molecule has 28 heavy (non-hydrogen) atoms. The average molecular weight is 402 g/mol. The SMILES string of the molecule is NC(=NCc1ccc(S(=O)(=O)c2cc(F)cc(F)c2)cc1)Nc1ccncc1. The Morgan fingerprint density at radius 1 is 0.964 bits per heavy atom. The van der Waals surface area contributed by atoms with Gasteiger partial charge >= 0.3 is 0 Å². The molecule has 0 saturated carbocycles. The molecule has 0 aliphatic rings. The van der Waals surface area contributed by atoms with Crippen molar-refractivity contribution in [2.45, 2.75) is 16.3 Å². The zero-order chi connectivity index (χ0) is 20.1. The fourth-order valence-electron chi connectivity index (χ4n) is 2.39. The van der Waals surface area contributed by atoms with Gasteiger partial charge in [-0.2, -0.15) is 0 Å². The van der Waals surface area contributed by atoms with Crippen LogP contribution in [-0.2, 0) is 16.4 Å². The minimum Gasteiger partial charge on any atom is -0.370 e. The number of aliphatic imine (C=N–C) groups is 1. The van der Waals surface area contributed by atoms with Gasteiger partial charge in [-0.05, 0) is 42.0 Å². The molecule has 0 radical (unpaired) electrons. The summed E-state index contributed by atoms with van der Waals surface area (Å²) in [7, 11) is -4.03. The summed E-state index contributed by atoms with van der Waals surface area (Å²) in [6.45, 7) is 0.221.